The smallest absolute Gasteiger partial charge is 1.00 e. The average Bonchev–Trinajstić information content (AvgIpc) is 3.56. The van der Waals surface area contributed by atoms with Gasteiger partial charge in [0.15, 0.2) is 0 Å². The van der Waals surface area contributed by atoms with Gasteiger partial charge in [-0.3, -0.25) is 0 Å². The zero-order valence-corrected chi connectivity index (χ0v) is 20.7. The van der Waals surface area contributed by atoms with Crippen LogP contribution >= 0.6 is 0 Å². The molecular weight excluding hydrogens is 502 g/mol. The van der Waals surface area contributed by atoms with Gasteiger partial charge < -0.3 is 24.8 Å². The van der Waals surface area contributed by atoms with Crippen LogP contribution in [0.15, 0.2) is 110 Å². The van der Waals surface area contributed by atoms with E-state index in [1.165, 1.54) is 22.3 Å². The molecule has 152 valence electrons. The van der Waals surface area contributed by atoms with Crippen LogP contribution in [0.1, 0.15) is 22.3 Å². The van der Waals surface area contributed by atoms with Gasteiger partial charge in [-0.1, -0.05) is 0 Å². The molecule has 0 bridgehead atoms. The number of hydrogen-bond acceptors (Lipinski definition) is 0. The number of rotatable bonds is 4. The fourth-order valence-electron chi connectivity index (χ4n) is 4.81. The first-order valence-electron chi connectivity index (χ1n) is 9.96. The third kappa shape index (κ3) is 3.26. The molecule has 0 aliphatic heterocycles. The number of nitrogens with zero attached hydrogens (tertiary/aromatic N) is 2. The Morgan fingerprint density at radius 1 is 0.516 bits per heavy atom. The van der Waals surface area contributed by atoms with Gasteiger partial charge in [-0.25, -0.2) is 0 Å². The Bertz CT molecular complexity index is 1150. The summed E-state index contributed by atoms with van der Waals surface area (Å²) in [7, 11) is 0. The van der Waals surface area contributed by atoms with E-state index in [0.717, 1.165) is 0 Å². The molecule has 0 saturated heterocycles. The summed E-state index contributed by atoms with van der Waals surface area (Å²) in [5.74, 6) is 0. The Labute approximate surface area is 206 Å². The van der Waals surface area contributed by atoms with Gasteiger partial charge in [0, 0.05) is 0 Å². The minimum atomic E-state index is -1.25. The third-order valence-electron chi connectivity index (χ3n) is 6.16. The summed E-state index contributed by atoms with van der Waals surface area (Å²) in [6.07, 6.45) is 18.5. The zero-order valence-electron chi connectivity index (χ0n) is 16.7. The maximum absolute atomic E-state index is 2.46. The van der Waals surface area contributed by atoms with E-state index in [2.05, 4.69) is 131 Å². The Balaban J connectivity index is 0.00000116. The van der Waals surface area contributed by atoms with Crippen molar-refractivity contribution in [3.63, 3.8) is 0 Å². The molecule has 2 heterocycles. The van der Waals surface area contributed by atoms with Crippen LogP contribution in [-0.2, 0) is 29.7 Å². The van der Waals surface area contributed by atoms with E-state index in [1.807, 2.05) is 0 Å². The Hall–Kier alpha value is -2.06. The topological polar surface area (TPSA) is 9.86 Å². The van der Waals surface area contributed by atoms with Crippen LogP contribution in [-0.4, -0.2) is 9.13 Å². The monoisotopic (exact) mass is 520 g/mol. The fourth-order valence-corrected chi connectivity index (χ4v) is 10.2. The van der Waals surface area contributed by atoms with Crippen LogP contribution < -0.4 is 24.8 Å². The zero-order chi connectivity index (χ0) is 19.3. The van der Waals surface area contributed by atoms with Crippen LogP contribution in [0.2, 0.25) is 0 Å². The van der Waals surface area contributed by atoms with Gasteiger partial charge in [0.05, 0.1) is 0 Å². The molecule has 0 amide bonds. The van der Waals surface area contributed by atoms with E-state index >= 15 is 0 Å². The molecule has 31 heavy (non-hydrogen) atoms. The van der Waals surface area contributed by atoms with E-state index < -0.39 is 23.2 Å². The first-order valence-corrected chi connectivity index (χ1v) is 12.4. The first kappa shape index (κ1) is 22.1. The van der Waals surface area contributed by atoms with Gasteiger partial charge in [-0.2, -0.15) is 0 Å². The van der Waals surface area contributed by atoms with Crippen molar-refractivity contribution in [2.75, 3.05) is 0 Å². The molecule has 0 radical (unpaired) electrons. The molecule has 2 atom stereocenters. The van der Waals surface area contributed by atoms with Crippen LogP contribution in [0, 0.1) is 0 Å². The van der Waals surface area contributed by atoms with Crippen molar-refractivity contribution in [1.82, 2.24) is 9.13 Å². The summed E-state index contributed by atoms with van der Waals surface area (Å²) in [5.41, 5.74) is 5.57. The fraction of sp³-hybridized carbons (Fsp3) is 0.0769. The summed E-state index contributed by atoms with van der Waals surface area (Å²) in [6, 6.07) is 26.4. The number of aromatic nitrogens is 2. The first-order chi connectivity index (χ1) is 14.3. The predicted molar refractivity (Wildman–Crippen MR) is 114 cm³/mol. The van der Waals surface area contributed by atoms with Gasteiger partial charge >= 0.3 is 183 Å². The van der Waals surface area contributed by atoms with Crippen molar-refractivity contribution in [3.05, 3.63) is 132 Å². The summed E-state index contributed by atoms with van der Waals surface area (Å²) < 4.78 is 4.74. The summed E-state index contributed by atoms with van der Waals surface area (Å²) in [5, 5.41) is 0. The van der Waals surface area contributed by atoms with Crippen LogP contribution in [0.5, 0.6) is 0 Å². The predicted octanol–water partition coefficient (Wildman–Crippen LogP) is -0.464. The Morgan fingerprint density at radius 2 is 0.903 bits per heavy atom. The quantitative estimate of drug-likeness (QED) is 0.344. The van der Waals surface area contributed by atoms with Gasteiger partial charge in [-0.05, 0) is 0 Å². The van der Waals surface area contributed by atoms with Gasteiger partial charge in [0.1, 0.15) is 0 Å². The van der Waals surface area contributed by atoms with Gasteiger partial charge in [0.2, 0.25) is 0 Å². The molecule has 2 aromatic carbocycles. The Morgan fingerprint density at radius 3 is 1.32 bits per heavy atom. The molecule has 2 aliphatic carbocycles. The van der Waals surface area contributed by atoms with E-state index in [-0.39, 0.29) is 31.3 Å². The van der Waals surface area contributed by atoms with E-state index in [1.54, 1.807) is 0 Å². The van der Waals surface area contributed by atoms with Crippen molar-refractivity contribution < 1.29 is 48.0 Å². The van der Waals surface area contributed by atoms with Crippen molar-refractivity contribution in [2.45, 2.75) is 6.49 Å². The third-order valence-corrected chi connectivity index (χ3v) is 11.4. The molecule has 5 heteroatoms. The van der Waals surface area contributed by atoms with E-state index in [0.29, 0.717) is 0 Å². The largest absolute Gasteiger partial charge is 1.00 e. The molecule has 0 saturated carbocycles. The standard InChI is InChI=1S/2C13H10N.2ClH.Zr/c2*1-2-6-12-11(5-1)7-8-13(12)14-9-3-4-10-14;;;/h2*1-10H;2*1H;/q;;;;+2/p-2. The van der Waals surface area contributed by atoms with Crippen LogP contribution in [0.3, 0.4) is 0 Å². The maximum Gasteiger partial charge on any atom is -1.00 e. The van der Waals surface area contributed by atoms with Crippen LogP contribution in [0.4, 0.5) is 0 Å². The second-order valence-corrected chi connectivity index (χ2v) is 12.0. The minimum absolute atomic E-state index is 0. The molecule has 6 rings (SSSR count). The van der Waals surface area contributed by atoms with Crippen molar-refractivity contribution in [3.8, 4) is 0 Å². The molecule has 2 unspecified atom stereocenters. The van der Waals surface area contributed by atoms with Crippen molar-refractivity contribution in [1.29, 1.82) is 0 Å². The number of fused-ring (bicyclic) bond motifs is 2. The molecule has 4 aromatic rings. The molecule has 2 nitrogen and oxygen atoms in total. The van der Waals surface area contributed by atoms with Crippen molar-refractivity contribution >= 4 is 12.2 Å². The SMILES string of the molecule is C1=C[C]([Zr+2][C]2(n3cccc3)C=Cc3ccccc32)(n2cccc2)c2ccccc21.[Cl-].[Cl-]. The summed E-state index contributed by atoms with van der Waals surface area (Å²) in [6.45, 7) is 0. The minimum Gasteiger partial charge on any atom is -1.00 e. The number of halogens is 2. The second-order valence-electron chi connectivity index (χ2n) is 7.68. The number of allylic oxidation sites excluding steroid dienone is 2. The molecule has 2 aromatic heterocycles. The van der Waals surface area contributed by atoms with E-state index in [9.17, 15) is 0 Å². The molecule has 0 fully saturated rings. The maximum atomic E-state index is 2.46. The Kier molecular flexibility index (Phi) is 6.05. The van der Waals surface area contributed by atoms with Gasteiger partial charge in [-0.15, -0.1) is 0 Å². The second kappa shape index (κ2) is 8.47. The summed E-state index contributed by atoms with van der Waals surface area (Å²) >= 11 is -1.25. The van der Waals surface area contributed by atoms with Crippen molar-refractivity contribution in [2.24, 2.45) is 0 Å². The van der Waals surface area contributed by atoms with Crippen LogP contribution in [0.25, 0.3) is 12.2 Å². The molecule has 2 aliphatic rings. The molecular formula is C26H20Cl2N2Zr. The summed E-state index contributed by atoms with van der Waals surface area (Å²) in [4.78, 5) is 0. The number of benzene rings is 2. The normalized spacial score (nSPS) is 22.2. The van der Waals surface area contributed by atoms with Gasteiger partial charge in [0.25, 0.3) is 0 Å². The van der Waals surface area contributed by atoms with E-state index in [4.69, 9.17) is 0 Å². The average molecular weight is 523 g/mol. The number of hydrogen-bond donors (Lipinski definition) is 0. The molecule has 0 N–H and O–H groups in total. The molecule has 0 spiro atoms.